The van der Waals surface area contributed by atoms with E-state index in [4.69, 9.17) is 14.7 Å². The molecule has 1 aliphatic carbocycles. The number of anilines is 1. The zero-order valence-electron chi connectivity index (χ0n) is 17.5. The number of nitrogens with one attached hydrogen (secondary N) is 1. The molecule has 0 heterocycles. The maximum absolute atomic E-state index is 13.3. The minimum Gasteiger partial charge on any atom is -0.495 e. The molecule has 9 heteroatoms. The second-order valence-corrected chi connectivity index (χ2v) is 8.74. The van der Waals surface area contributed by atoms with Crippen molar-refractivity contribution in [2.45, 2.75) is 37.1 Å². The van der Waals surface area contributed by atoms with Crippen molar-refractivity contribution in [3.63, 3.8) is 0 Å². The summed E-state index contributed by atoms with van der Waals surface area (Å²) in [5, 5.41) is 9.03. The Morgan fingerprint density at radius 3 is 2.52 bits per heavy atom. The number of hydrogen-bond donors (Lipinski definition) is 1. The van der Waals surface area contributed by atoms with E-state index in [0.717, 1.165) is 12.8 Å². The Kier molecular flexibility index (Phi) is 7.15. The maximum atomic E-state index is 13.3. The van der Waals surface area contributed by atoms with Crippen LogP contribution in [-0.2, 0) is 10.0 Å². The molecule has 1 saturated carbocycles. The lowest BCUT2D eigenvalue weighted by Crippen LogP contribution is -2.32. The molecule has 0 radical (unpaired) electrons. The molecule has 0 unspecified atom stereocenters. The van der Waals surface area contributed by atoms with E-state index in [9.17, 15) is 13.2 Å². The van der Waals surface area contributed by atoms with E-state index in [1.54, 1.807) is 24.3 Å². The van der Waals surface area contributed by atoms with Crippen molar-refractivity contribution < 1.29 is 22.7 Å². The monoisotopic (exact) mass is 443 g/mol. The molecule has 0 spiro atoms. The summed E-state index contributed by atoms with van der Waals surface area (Å²) < 4.78 is 38.8. The van der Waals surface area contributed by atoms with Gasteiger partial charge in [-0.2, -0.15) is 5.26 Å². The highest BCUT2D eigenvalue weighted by Crippen LogP contribution is 2.29. The smallest absolute Gasteiger partial charge is 0.258 e. The highest BCUT2D eigenvalue weighted by Gasteiger charge is 2.31. The molecule has 1 amide bonds. The SMILES string of the molecule is CCOc1ccc(N(CCC#N)C(=O)c2ccc(OC)c(S(=O)(=O)NC3CC3)c2)cc1. The Morgan fingerprint density at radius 2 is 1.94 bits per heavy atom. The molecule has 2 aromatic rings. The highest BCUT2D eigenvalue weighted by atomic mass is 32.2. The predicted octanol–water partition coefficient (Wildman–Crippen LogP) is 3.10. The fourth-order valence-electron chi connectivity index (χ4n) is 3.06. The van der Waals surface area contributed by atoms with Crippen LogP contribution in [0.25, 0.3) is 0 Å². The van der Waals surface area contributed by atoms with Gasteiger partial charge in [0.15, 0.2) is 0 Å². The average Bonchev–Trinajstić information content (AvgIpc) is 3.58. The van der Waals surface area contributed by atoms with E-state index < -0.39 is 15.9 Å². The van der Waals surface area contributed by atoms with Gasteiger partial charge in [0.2, 0.25) is 10.0 Å². The van der Waals surface area contributed by atoms with Crippen LogP contribution in [0.4, 0.5) is 5.69 Å². The number of methoxy groups -OCH3 is 1. The van der Waals surface area contributed by atoms with Gasteiger partial charge in [-0.05, 0) is 62.2 Å². The predicted molar refractivity (Wildman–Crippen MR) is 116 cm³/mol. The van der Waals surface area contributed by atoms with Crippen LogP contribution in [0.3, 0.4) is 0 Å². The van der Waals surface area contributed by atoms with Crippen molar-refractivity contribution in [3.8, 4) is 17.6 Å². The summed E-state index contributed by atoms with van der Waals surface area (Å²) >= 11 is 0. The first-order chi connectivity index (χ1) is 14.9. The van der Waals surface area contributed by atoms with Gasteiger partial charge in [0.25, 0.3) is 5.91 Å². The van der Waals surface area contributed by atoms with Gasteiger partial charge < -0.3 is 14.4 Å². The number of benzene rings is 2. The third-order valence-electron chi connectivity index (χ3n) is 4.75. The molecule has 0 aromatic heterocycles. The molecular formula is C22H25N3O5S. The van der Waals surface area contributed by atoms with E-state index in [1.807, 2.05) is 13.0 Å². The Hall–Kier alpha value is -3.09. The number of amides is 1. The second-order valence-electron chi connectivity index (χ2n) is 7.05. The highest BCUT2D eigenvalue weighted by molar-refractivity contribution is 7.89. The summed E-state index contributed by atoms with van der Waals surface area (Å²) in [4.78, 5) is 14.7. The average molecular weight is 444 g/mol. The lowest BCUT2D eigenvalue weighted by molar-refractivity contribution is 0.0987. The van der Waals surface area contributed by atoms with E-state index >= 15 is 0 Å². The van der Waals surface area contributed by atoms with Crippen LogP contribution in [0.2, 0.25) is 0 Å². The Morgan fingerprint density at radius 1 is 1.23 bits per heavy atom. The van der Waals surface area contributed by atoms with Crippen molar-refractivity contribution in [1.29, 1.82) is 5.26 Å². The summed E-state index contributed by atoms with van der Waals surface area (Å²) in [7, 11) is -2.45. The number of rotatable bonds is 10. The molecule has 164 valence electrons. The number of ether oxygens (including phenoxy) is 2. The molecule has 0 saturated heterocycles. The van der Waals surface area contributed by atoms with Crippen molar-refractivity contribution in [2.75, 3.05) is 25.2 Å². The van der Waals surface area contributed by atoms with Crippen LogP contribution in [0.1, 0.15) is 36.5 Å². The van der Waals surface area contributed by atoms with E-state index in [-0.39, 0.29) is 35.2 Å². The van der Waals surface area contributed by atoms with Gasteiger partial charge in [-0.15, -0.1) is 0 Å². The first-order valence-electron chi connectivity index (χ1n) is 10.0. The second kappa shape index (κ2) is 9.81. The van der Waals surface area contributed by atoms with Gasteiger partial charge in [-0.3, -0.25) is 4.79 Å². The number of nitriles is 1. The minimum absolute atomic E-state index is 0.0787. The maximum Gasteiger partial charge on any atom is 0.258 e. The number of sulfonamides is 1. The van der Waals surface area contributed by atoms with Gasteiger partial charge in [-0.1, -0.05) is 0 Å². The molecule has 0 atom stereocenters. The number of hydrogen-bond acceptors (Lipinski definition) is 6. The summed E-state index contributed by atoms with van der Waals surface area (Å²) in [6, 6.07) is 13.2. The van der Waals surface area contributed by atoms with E-state index in [0.29, 0.717) is 18.0 Å². The Bertz CT molecular complexity index is 1070. The minimum atomic E-state index is -3.83. The zero-order valence-corrected chi connectivity index (χ0v) is 18.3. The molecule has 8 nitrogen and oxygen atoms in total. The molecule has 3 rings (SSSR count). The zero-order chi connectivity index (χ0) is 22.4. The fraction of sp³-hybridized carbons (Fsp3) is 0.364. The first-order valence-corrected chi connectivity index (χ1v) is 11.5. The van der Waals surface area contributed by atoms with Crippen LogP contribution in [0.5, 0.6) is 11.5 Å². The standard InChI is InChI=1S/C22H25N3O5S/c1-3-30-19-10-8-18(9-11-19)25(14-4-13-23)22(26)16-5-12-20(29-2)21(15-16)31(27,28)24-17-6-7-17/h5,8-12,15,17,24H,3-4,6-7,14H2,1-2H3. The largest absolute Gasteiger partial charge is 0.495 e. The summed E-state index contributed by atoms with van der Waals surface area (Å²) in [6.07, 6.45) is 1.71. The summed E-state index contributed by atoms with van der Waals surface area (Å²) in [5.41, 5.74) is 0.767. The first kappa shape index (κ1) is 22.6. The molecule has 0 aliphatic heterocycles. The van der Waals surface area contributed by atoms with Gasteiger partial charge in [0.05, 0.1) is 26.2 Å². The molecule has 1 aliphatic rings. The van der Waals surface area contributed by atoms with Crippen molar-refractivity contribution in [1.82, 2.24) is 4.72 Å². The van der Waals surface area contributed by atoms with Crippen molar-refractivity contribution >= 4 is 21.6 Å². The quantitative estimate of drug-likeness (QED) is 0.604. The van der Waals surface area contributed by atoms with Crippen LogP contribution in [0, 0.1) is 11.3 Å². The molecule has 31 heavy (non-hydrogen) atoms. The van der Waals surface area contributed by atoms with Crippen LogP contribution in [0.15, 0.2) is 47.4 Å². The number of carbonyl (C=O) groups excluding carboxylic acids is 1. The molecule has 2 aromatic carbocycles. The van der Waals surface area contributed by atoms with E-state index in [1.165, 1.54) is 30.2 Å². The summed E-state index contributed by atoms with van der Waals surface area (Å²) in [5.74, 6) is 0.419. The van der Waals surface area contributed by atoms with Crippen LogP contribution in [-0.4, -0.2) is 40.6 Å². The van der Waals surface area contributed by atoms with Gasteiger partial charge in [0.1, 0.15) is 16.4 Å². The number of nitrogens with zero attached hydrogens (tertiary/aromatic N) is 2. The van der Waals surface area contributed by atoms with E-state index in [2.05, 4.69) is 4.72 Å². The van der Waals surface area contributed by atoms with Crippen LogP contribution < -0.4 is 19.1 Å². The third kappa shape index (κ3) is 5.54. The van der Waals surface area contributed by atoms with Gasteiger partial charge in [0, 0.05) is 23.8 Å². The van der Waals surface area contributed by atoms with Crippen molar-refractivity contribution in [2.24, 2.45) is 0 Å². The molecule has 1 N–H and O–H groups in total. The topological polar surface area (TPSA) is 109 Å². The fourth-order valence-corrected chi connectivity index (χ4v) is 4.56. The van der Waals surface area contributed by atoms with Gasteiger partial charge >= 0.3 is 0 Å². The summed E-state index contributed by atoms with van der Waals surface area (Å²) in [6.45, 7) is 2.57. The third-order valence-corrected chi connectivity index (χ3v) is 6.29. The normalized spacial score (nSPS) is 13.3. The molecule has 1 fully saturated rings. The lowest BCUT2D eigenvalue weighted by atomic mass is 10.1. The number of carbonyl (C=O) groups is 1. The Balaban J connectivity index is 1.95. The van der Waals surface area contributed by atoms with Crippen molar-refractivity contribution in [3.05, 3.63) is 48.0 Å². The Labute approximate surface area is 182 Å². The molecule has 0 bridgehead atoms. The van der Waals surface area contributed by atoms with Crippen LogP contribution >= 0.6 is 0 Å². The molecular weight excluding hydrogens is 418 g/mol. The van der Waals surface area contributed by atoms with Gasteiger partial charge in [-0.25, -0.2) is 13.1 Å². The lowest BCUT2D eigenvalue weighted by Gasteiger charge is -2.23.